The molecule has 0 amide bonds. The first-order valence-corrected chi connectivity index (χ1v) is 26.5. The summed E-state index contributed by atoms with van der Waals surface area (Å²) in [6.45, 7) is 6.37. The lowest BCUT2D eigenvalue weighted by Gasteiger charge is -2.18. The van der Waals surface area contributed by atoms with Gasteiger partial charge in [0.15, 0.2) is 6.10 Å². The Balaban J connectivity index is 4.49. The number of esters is 3. The van der Waals surface area contributed by atoms with Gasteiger partial charge in [0, 0.05) is 19.3 Å². The lowest BCUT2D eigenvalue weighted by Crippen LogP contribution is -2.30. The Labute approximate surface area is 400 Å². The number of unbranched alkanes of at least 4 members (excludes halogenated alkanes) is 21. The van der Waals surface area contributed by atoms with Crippen LogP contribution in [0, 0.1) is 0 Å². The van der Waals surface area contributed by atoms with E-state index in [9.17, 15) is 14.4 Å². The molecule has 0 rings (SSSR count). The largest absolute Gasteiger partial charge is 0.462 e. The fraction of sp³-hybridized carbons (Fsp3) is 0.644. The van der Waals surface area contributed by atoms with Crippen LogP contribution in [0.15, 0.2) is 109 Å². The molecule has 0 aromatic rings. The second kappa shape index (κ2) is 52.7. The number of rotatable bonds is 46. The molecule has 0 saturated heterocycles. The fourth-order valence-corrected chi connectivity index (χ4v) is 6.89. The van der Waals surface area contributed by atoms with E-state index in [2.05, 4.69) is 106 Å². The zero-order valence-corrected chi connectivity index (χ0v) is 42.0. The SMILES string of the molecule is CC/C=C\C/C=C\C/C=C\CCCCCCC(=O)OCC(COC(=O)CCCCCCC\C=C/C=C\C=C/C=C\C=C/CCC)OC(=O)CCCCCCCCC/C=C\CCCCCC. The molecule has 0 saturated carbocycles. The summed E-state index contributed by atoms with van der Waals surface area (Å²) in [5, 5.41) is 0. The summed E-state index contributed by atoms with van der Waals surface area (Å²) in [5.74, 6) is -0.955. The number of hydrogen-bond acceptors (Lipinski definition) is 6. The first-order valence-electron chi connectivity index (χ1n) is 26.5. The maximum Gasteiger partial charge on any atom is 0.306 e. The van der Waals surface area contributed by atoms with Crippen LogP contribution in [-0.4, -0.2) is 37.2 Å². The molecule has 0 radical (unpaired) electrons. The third-order valence-electron chi connectivity index (χ3n) is 10.8. The van der Waals surface area contributed by atoms with Gasteiger partial charge in [0.05, 0.1) is 0 Å². The van der Waals surface area contributed by atoms with Crippen molar-refractivity contribution < 1.29 is 28.6 Å². The summed E-state index contributed by atoms with van der Waals surface area (Å²) < 4.78 is 16.8. The highest BCUT2D eigenvalue weighted by molar-refractivity contribution is 5.71. The Bertz CT molecular complexity index is 1360. The van der Waals surface area contributed by atoms with Gasteiger partial charge in [-0.15, -0.1) is 0 Å². The van der Waals surface area contributed by atoms with Gasteiger partial charge in [-0.25, -0.2) is 0 Å². The lowest BCUT2D eigenvalue weighted by molar-refractivity contribution is -0.167. The minimum atomic E-state index is -0.802. The number of carbonyl (C=O) groups is 3. The first-order chi connectivity index (χ1) is 32.0. The predicted molar refractivity (Wildman–Crippen MR) is 279 cm³/mol. The van der Waals surface area contributed by atoms with Crippen molar-refractivity contribution in [2.45, 2.75) is 232 Å². The molecule has 6 nitrogen and oxygen atoms in total. The summed E-state index contributed by atoms with van der Waals surface area (Å²) >= 11 is 0. The third-order valence-corrected chi connectivity index (χ3v) is 10.8. The topological polar surface area (TPSA) is 78.9 Å². The van der Waals surface area contributed by atoms with Gasteiger partial charge in [-0.3, -0.25) is 14.4 Å². The van der Waals surface area contributed by atoms with E-state index in [1.165, 1.54) is 70.6 Å². The van der Waals surface area contributed by atoms with E-state index >= 15 is 0 Å². The van der Waals surface area contributed by atoms with Crippen molar-refractivity contribution in [1.82, 2.24) is 0 Å². The zero-order chi connectivity index (χ0) is 47.2. The van der Waals surface area contributed by atoms with Crippen molar-refractivity contribution in [1.29, 1.82) is 0 Å². The molecular formula is C59H96O6. The van der Waals surface area contributed by atoms with Crippen LogP contribution in [0.1, 0.15) is 226 Å². The molecule has 0 bridgehead atoms. The second-order valence-corrected chi connectivity index (χ2v) is 17.2. The second-order valence-electron chi connectivity index (χ2n) is 17.2. The van der Waals surface area contributed by atoms with Crippen molar-refractivity contribution in [3.63, 3.8) is 0 Å². The average molecular weight is 901 g/mol. The van der Waals surface area contributed by atoms with E-state index in [0.717, 1.165) is 116 Å². The summed E-state index contributed by atoms with van der Waals surface area (Å²) in [6.07, 6.45) is 70.6. The Morgan fingerprint density at radius 1 is 0.338 bits per heavy atom. The maximum absolute atomic E-state index is 12.8. The monoisotopic (exact) mass is 901 g/mol. The fourth-order valence-electron chi connectivity index (χ4n) is 6.89. The van der Waals surface area contributed by atoms with Crippen molar-refractivity contribution >= 4 is 17.9 Å². The van der Waals surface area contributed by atoms with Crippen LogP contribution in [0.4, 0.5) is 0 Å². The maximum atomic E-state index is 12.8. The highest BCUT2D eigenvalue weighted by atomic mass is 16.6. The molecule has 0 aliphatic heterocycles. The molecule has 0 aromatic heterocycles. The molecule has 6 heteroatoms. The smallest absolute Gasteiger partial charge is 0.306 e. The van der Waals surface area contributed by atoms with Gasteiger partial charge < -0.3 is 14.2 Å². The van der Waals surface area contributed by atoms with Crippen LogP contribution in [-0.2, 0) is 28.6 Å². The molecule has 0 aromatic carbocycles. The number of allylic oxidation sites excluding steroid dienone is 18. The molecule has 0 N–H and O–H groups in total. The first kappa shape index (κ1) is 61.1. The van der Waals surface area contributed by atoms with Gasteiger partial charge in [-0.1, -0.05) is 220 Å². The van der Waals surface area contributed by atoms with Crippen LogP contribution in [0.25, 0.3) is 0 Å². The van der Waals surface area contributed by atoms with Crippen molar-refractivity contribution in [2.24, 2.45) is 0 Å². The Hall–Kier alpha value is -3.93. The quantitative estimate of drug-likeness (QED) is 0.0199. The molecule has 0 fully saturated rings. The van der Waals surface area contributed by atoms with Gasteiger partial charge in [-0.05, 0) is 96.3 Å². The zero-order valence-electron chi connectivity index (χ0n) is 42.0. The van der Waals surface area contributed by atoms with Gasteiger partial charge in [0.2, 0.25) is 0 Å². The summed E-state index contributed by atoms with van der Waals surface area (Å²) in [6, 6.07) is 0. The molecule has 0 aliphatic rings. The van der Waals surface area contributed by atoms with Crippen LogP contribution in [0.3, 0.4) is 0 Å². The van der Waals surface area contributed by atoms with Crippen LogP contribution in [0.5, 0.6) is 0 Å². The van der Waals surface area contributed by atoms with Gasteiger partial charge in [-0.2, -0.15) is 0 Å². The van der Waals surface area contributed by atoms with Crippen LogP contribution < -0.4 is 0 Å². The standard InChI is InChI=1S/C59H96O6/c1-4-7-10-13-16-19-22-25-28-29-30-32-34-37-40-43-46-49-52-58(61)64-55-56(54-63-57(60)51-48-45-42-39-36-33-27-24-21-18-15-12-9-6-3)65-59(62)53-50-47-44-41-38-35-31-26-23-20-17-14-11-8-5-2/h9-10,12-13,16,18-23,25,27-30,32-33,56H,4-8,11,14-15,17,24,26,31,34-55H2,1-3H3/b12-9-,13-10-,19-16-,21-18-,23-20-,25-22-,29-28-,32-30-,33-27-. The van der Waals surface area contributed by atoms with E-state index in [4.69, 9.17) is 14.2 Å². The van der Waals surface area contributed by atoms with Crippen molar-refractivity contribution in [2.75, 3.05) is 13.2 Å². The molecule has 65 heavy (non-hydrogen) atoms. The Morgan fingerprint density at radius 3 is 1.15 bits per heavy atom. The summed E-state index contributed by atoms with van der Waals surface area (Å²) in [7, 11) is 0. The van der Waals surface area contributed by atoms with E-state index in [-0.39, 0.29) is 31.1 Å². The normalized spacial score (nSPS) is 13.0. The number of ether oxygens (including phenoxy) is 3. The highest BCUT2D eigenvalue weighted by Gasteiger charge is 2.19. The molecule has 0 spiro atoms. The van der Waals surface area contributed by atoms with Crippen molar-refractivity contribution in [3.05, 3.63) is 109 Å². The molecule has 0 heterocycles. The third kappa shape index (κ3) is 50.9. The molecule has 1 atom stereocenters. The highest BCUT2D eigenvalue weighted by Crippen LogP contribution is 2.14. The van der Waals surface area contributed by atoms with E-state index in [1.54, 1.807) is 0 Å². The van der Waals surface area contributed by atoms with Crippen molar-refractivity contribution in [3.8, 4) is 0 Å². The number of hydrogen-bond donors (Lipinski definition) is 0. The lowest BCUT2D eigenvalue weighted by atomic mass is 10.1. The molecule has 0 aliphatic carbocycles. The van der Waals surface area contributed by atoms with E-state index in [0.29, 0.717) is 19.3 Å². The van der Waals surface area contributed by atoms with Gasteiger partial charge >= 0.3 is 17.9 Å². The molecular weight excluding hydrogens is 805 g/mol. The van der Waals surface area contributed by atoms with Gasteiger partial charge in [0.25, 0.3) is 0 Å². The summed E-state index contributed by atoms with van der Waals surface area (Å²) in [5.41, 5.74) is 0. The minimum absolute atomic E-state index is 0.102. The van der Waals surface area contributed by atoms with Gasteiger partial charge in [0.1, 0.15) is 13.2 Å². The predicted octanol–water partition coefficient (Wildman–Crippen LogP) is 17.5. The van der Waals surface area contributed by atoms with E-state index in [1.807, 2.05) is 24.3 Å². The van der Waals surface area contributed by atoms with E-state index < -0.39 is 6.10 Å². The van der Waals surface area contributed by atoms with Crippen LogP contribution >= 0.6 is 0 Å². The van der Waals surface area contributed by atoms with Crippen LogP contribution in [0.2, 0.25) is 0 Å². The molecule has 368 valence electrons. The molecule has 1 unspecified atom stereocenters. The Kier molecular flexibility index (Phi) is 49.5. The Morgan fingerprint density at radius 2 is 0.692 bits per heavy atom. The minimum Gasteiger partial charge on any atom is -0.462 e. The average Bonchev–Trinajstić information content (AvgIpc) is 3.30. The summed E-state index contributed by atoms with van der Waals surface area (Å²) in [4.78, 5) is 38.0. The number of carbonyl (C=O) groups excluding carboxylic acids is 3.